The van der Waals surface area contributed by atoms with Gasteiger partial charge in [-0.3, -0.25) is 9.52 Å². The predicted molar refractivity (Wildman–Crippen MR) is 130 cm³/mol. The first-order valence-electron chi connectivity index (χ1n) is 10.5. The topological polar surface area (TPSA) is 126 Å². The van der Waals surface area contributed by atoms with Crippen LogP contribution in [0.15, 0.2) is 62.7 Å². The van der Waals surface area contributed by atoms with Crippen LogP contribution in [0.4, 0.5) is 5.69 Å². The van der Waals surface area contributed by atoms with Gasteiger partial charge in [-0.25, -0.2) is 8.42 Å². The summed E-state index contributed by atoms with van der Waals surface area (Å²) in [6.45, 7) is 5.09. The maximum atomic E-state index is 13.3. The zero-order valence-corrected chi connectivity index (χ0v) is 20.6. The lowest BCUT2D eigenvalue weighted by atomic mass is 10.1. The number of rotatable bonds is 7. The van der Waals surface area contributed by atoms with Gasteiger partial charge in [-0.05, 0) is 38.5 Å². The lowest BCUT2D eigenvalue weighted by molar-refractivity contribution is 0.392. The van der Waals surface area contributed by atoms with Crippen LogP contribution in [0, 0.1) is 20.8 Å². The van der Waals surface area contributed by atoms with E-state index in [1.807, 2.05) is 0 Å². The smallest absolute Gasteiger partial charge is 0.271 e. The van der Waals surface area contributed by atoms with Crippen LogP contribution in [0.3, 0.4) is 0 Å². The number of sulfonamides is 1. The Morgan fingerprint density at radius 1 is 0.943 bits per heavy atom. The molecule has 0 aliphatic heterocycles. The number of anilines is 1. The van der Waals surface area contributed by atoms with Gasteiger partial charge in [0, 0.05) is 29.8 Å². The first kappa shape index (κ1) is 24.0. The van der Waals surface area contributed by atoms with Crippen molar-refractivity contribution in [2.24, 2.45) is 0 Å². The normalized spacial score (nSPS) is 11.3. The van der Waals surface area contributed by atoms with Crippen molar-refractivity contribution in [2.45, 2.75) is 25.7 Å². The Morgan fingerprint density at radius 2 is 1.63 bits per heavy atom. The van der Waals surface area contributed by atoms with Crippen LogP contribution in [0.2, 0.25) is 0 Å². The fraction of sp³-hybridized carbons (Fsp3) is 0.208. The van der Waals surface area contributed by atoms with E-state index in [0.717, 1.165) is 0 Å². The molecule has 10 nitrogen and oxygen atoms in total. The van der Waals surface area contributed by atoms with E-state index in [9.17, 15) is 13.2 Å². The first-order chi connectivity index (χ1) is 16.6. The summed E-state index contributed by atoms with van der Waals surface area (Å²) >= 11 is 0. The molecule has 0 unspecified atom stereocenters. The molecule has 1 N–H and O–H groups in total. The van der Waals surface area contributed by atoms with Crippen LogP contribution >= 0.6 is 0 Å². The number of nitrogens with zero attached hydrogens (tertiary/aromatic N) is 3. The van der Waals surface area contributed by atoms with Crippen molar-refractivity contribution in [3.05, 3.63) is 75.9 Å². The third kappa shape index (κ3) is 4.76. The molecule has 0 aliphatic rings. The van der Waals surface area contributed by atoms with E-state index in [0.29, 0.717) is 45.5 Å². The van der Waals surface area contributed by atoms with Gasteiger partial charge in [0.15, 0.2) is 5.76 Å². The van der Waals surface area contributed by atoms with Gasteiger partial charge in [0.25, 0.3) is 15.6 Å². The third-order valence-corrected chi connectivity index (χ3v) is 6.91. The summed E-state index contributed by atoms with van der Waals surface area (Å²) in [5.41, 5.74) is 2.34. The van der Waals surface area contributed by atoms with E-state index < -0.39 is 10.0 Å². The molecule has 0 aliphatic carbocycles. The second kappa shape index (κ2) is 9.26. The molecule has 4 rings (SSSR count). The molecule has 11 heteroatoms. The molecule has 0 saturated carbocycles. The number of ether oxygens (including phenoxy) is 2. The minimum atomic E-state index is -3.98. The summed E-state index contributed by atoms with van der Waals surface area (Å²) in [4.78, 5) is 12.6. The Balaban J connectivity index is 1.76. The summed E-state index contributed by atoms with van der Waals surface area (Å²) in [6.07, 6.45) is 0. The molecule has 0 bridgehead atoms. The van der Waals surface area contributed by atoms with Crippen LogP contribution < -0.4 is 19.8 Å². The fourth-order valence-electron chi connectivity index (χ4n) is 3.63. The first-order valence-corrected chi connectivity index (χ1v) is 12.0. The molecule has 0 radical (unpaired) electrons. The largest absolute Gasteiger partial charge is 0.497 e. The van der Waals surface area contributed by atoms with Crippen molar-refractivity contribution in [3.63, 3.8) is 0 Å². The molecular formula is C24H24N4O6S. The van der Waals surface area contributed by atoms with Crippen molar-refractivity contribution in [1.82, 2.24) is 14.9 Å². The monoisotopic (exact) mass is 496 g/mol. The highest BCUT2D eigenvalue weighted by Crippen LogP contribution is 2.30. The Bertz CT molecular complexity index is 1530. The average Bonchev–Trinajstić information content (AvgIpc) is 3.16. The number of benzene rings is 2. The standard InChI is InChI=1S/C24H24N4O6S/c1-14-6-7-17(21-8-9-23(29)28(25-21)24-15(2)26-34-16(24)3)10-22(14)35(30,31)27-18-11-19(32-4)13-20(12-18)33-5/h6-13,27H,1-5H3. The molecule has 0 saturated heterocycles. The van der Waals surface area contributed by atoms with E-state index in [1.165, 1.54) is 31.0 Å². The highest BCUT2D eigenvalue weighted by atomic mass is 32.2. The molecule has 4 aromatic rings. The Kier molecular flexibility index (Phi) is 6.35. The summed E-state index contributed by atoms with van der Waals surface area (Å²) in [6, 6.07) is 12.6. The van der Waals surface area contributed by atoms with Gasteiger partial charge < -0.3 is 14.0 Å². The van der Waals surface area contributed by atoms with Gasteiger partial charge in [0.05, 0.1) is 30.5 Å². The molecular weight excluding hydrogens is 472 g/mol. The maximum absolute atomic E-state index is 13.3. The Morgan fingerprint density at radius 3 is 2.23 bits per heavy atom. The highest BCUT2D eigenvalue weighted by molar-refractivity contribution is 7.92. The number of aromatic nitrogens is 3. The van der Waals surface area contributed by atoms with E-state index in [2.05, 4.69) is 15.0 Å². The fourth-order valence-corrected chi connectivity index (χ4v) is 4.94. The molecule has 0 spiro atoms. The number of hydrogen-bond acceptors (Lipinski definition) is 8. The van der Waals surface area contributed by atoms with E-state index >= 15 is 0 Å². The minimum Gasteiger partial charge on any atom is -0.497 e. The van der Waals surface area contributed by atoms with Gasteiger partial charge in [-0.15, -0.1) is 0 Å². The minimum absolute atomic E-state index is 0.0636. The SMILES string of the molecule is COc1cc(NS(=O)(=O)c2cc(-c3ccc(=O)n(-c4c(C)noc4C)n3)ccc2C)cc(OC)c1. The second-order valence-electron chi connectivity index (χ2n) is 7.83. The van der Waals surface area contributed by atoms with Crippen LogP contribution in [0.25, 0.3) is 16.9 Å². The maximum Gasteiger partial charge on any atom is 0.271 e. The molecule has 2 aromatic carbocycles. The van der Waals surface area contributed by atoms with Crippen molar-refractivity contribution < 1.29 is 22.4 Å². The highest BCUT2D eigenvalue weighted by Gasteiger charge is 2.20. The van der Waals surface area contributed by atoms with Crippen LogP contribution in [0.5, 0.6) is 11.5 Å². The number of hydrogen-bond donors (Lipinski definition) is 1. The van der Waals surface area contributed by atoms with Crippen molar-refractivity contribution in [1.29, 1.82) is 0 Å². The Hall–Kier alpha value is -4.12. The van der Waals surface area contributed by atoms with Crippen molar-refractivity contribution in [2.75, 3.05) is 18.9 Å². The average molecular weight is 497 g/mol. The zero-order chi connectivity index (χ0) is 25.3. The van der Waals surface area contributed by atoms with Gasteiger partial charge in [0.2, 0.25) is 0 Å². The summed E-state index contributed by atoms with van der Waals surface area (Å²) in [5.74, 6) is 1.33. The second-order valence-corrected chi connectivity index (χ2v) is 9.48. The lowest BCUT2D eigenvalue weighted by Gasteiger charge is -2.14. The van der Waals surface area contributed by atoms with Crippen molar-refractivity contribution >= 4 is 15.7 Å². The van der Waals surface area contributed by atoms with Crippen LogP contribution in [-0.4, -0.2) is 37.6 Å². The van der Waals surface area contributed by atoms with E-state index in [4.69, 9.17) is 14.0 Å². The van der Waals surface area contributed by atoms with E-state index in [-0.39, 0.29) is 16.1 Å². The molecule has 2 aromatic heterocycles. The molecule has 0 atom stereocenters. The van der Waals surface area contributed by atoms with Gasteiger partial charge in [-0.2, -0.15) is 9.78 Å². The Labute approximate surface area is 202 Å². The molecule has 182 valence electrons. The summed E-state index contributed by atoms with van der Waals surface area (Å²) in [7, 11) is -1.02. The number of nitrogens with one attached hydrogen (secondary N) is 1. The molecule has 2 heterocycles. The van der Waals surface area contributed by atoms with Gasteiger partial charge in [-0.1, -0.05) is 17.3 Å². The van der Waals surface area contributed by atoms with E-state index in [1.54, 1.807) is 57.2 Å². The quantitative estimate of drug-likeness (QED) is 0.411. The van der Waals surface area contributed by atoms with Gasteiger partial charge >= 0.3 is 0 Å². The third-order valence-electron chi connectivity index (χ3n) is 5.38. The predicted octanol–water partition coefficient (Wildman–Crippen LogP) is 3.63. The van der Waals surface area contributed by atoms with Crippen LogP contribution in [-0.2, 0) is 10.0 Å². The summed E-state index contributed by atoms with van der Waals surface area (Å²) < 4.78 is 46.0. The number of methoxy groups -OCH3 is 2. The van der Waals surface area contributed by atoms with Gasteiger partial charge in [0.1, 0.15) is 22.9 Å². The zero-order valence-electron chi connectivity index (χ0n) is 19.8. The molecule has 35 heavy (non-hydrogen) atoms. The summed E-state index contributed by atoms with van der Waals surface area (Å²) in [5, 5.41) is 8.32. The van der Waals surface area contributed by atoms with Crippen molar-refractivity contribution in [3.8, 4) is 28.4 Å². The van der Waals surface area contributed by atoms with Crippen LogP contribution in [0.1, 0.15) is 17.0 Å². The lowest BCUT2D eigenvalue weighted by Crippen LogP contribution is -2.21. The molecule has 0 fully saturated rings. The molecule has 0 amide bonds. The number of aryl methyl sites for hydroxylation is 3.